The molecule has 2 N–H and O–H groups in total. The number of aliphatic hydroxyl groups excluding tert-OH is 1. The molecule has 3 amide bonds. The molecule has 186 valence electrons. The van der Waals surface area contributed by atoms with Gasteiger partial charge in [0.1, 0.15) is 6.04 Å². The zero-order chi connectivity index (χ0) is 24.0. The second-order valence-electron chi connectivity index (χ2n) is 10.1. The lowest BCUT2D eigenvalue weighted by molar-refractivity contribution is -0.150. The number of fused-ring (bicyclic) bond motifs is 1. The number of nitrogens with one attached hydrogen (secondary N) is 1. The number of β-amino-alcohol motifs (C(OH)–C–C–N with tert-alkyl or cyclic N) is 1. The van der Waals surface area contributed by atoms with Crippen LogP contribution in [0.1, 0.15) is 39.0 Å². The molecular weight excluding hydrogens is 479 g/mol. The van der Waals surface area contributed by atoms with Gasteiger partial charge in [-0.25, -0.2) is 4.79 Å². The van der Waals surface area contributed by atoms with Gasteiger partial charge in [0.2, 0.25) is 5.91 Å². The van der Waals surface area contributed by atoms with E-state index in [0.717, 1.165) is 38.9 Å². The van der Waals surface area contributed by atoms with Crippen molar-refractivity contribution in [1.82, 2.24) is 14.7 Å². The van der Waals surface area contributed by atoms with Crippen LogP contribution >= 0.6 is 23.2 Å². The summed E-state index contributed by atoms with van der Waals surface area (Å²) in [5.41, 5.74) is 0.735. The normalized spacial score (nSPS) is 30.5. The van der Waals surface area contributed by atoms with Crippen molar-refractivity contribution in [3.05, 3.63) is 28.2 Å². The van der Waals surface area contributed by atoms with E-state index in [0.29, 0.717) is 28.9 Å². The number of carbonyl (C=O) groups excluding carboxylic acids is 2. The molecule has 3 aliphatic heterocycles. The summed E-state index contributed by atoms with van der Waals surface area (Å²) >= 11 is 12.0. The van der Waals surface area contributed by atoms with Crippen LogP contribution in [0.15, 0.2) is 18.2 Å². The number of carbonyl (C=O) groups is 2. The van der Waals surface area contributed by atoms with E-state index in [9.17, 15) is 14.7 Å². The number of nitrogens with zero attached hydrogens (tertiary/aromatic N) is 3. The van der Waals surface area contributed by atoms with Crippen molar-refractivity contribution in [2.24, 2.45) is 5.41 Å². The van der Waals surface area contributed by atoms with Crippen molar-refractivity contribution < 1.29 is 19.4 Å². The predicted octanol–water partition coefficient (Wildman–Crippen LogP) is 3.41. The minimum Gasteiger partial charge on any atom is -0.391 e. The number of anilines is 1. The lowest BCUT2D eigenvalue weighted by Gasteiger charge is -2.42. The first kappa shape index (κ1) is 24.1. The Hall–Kier alpha value is -1.58. The summed E-state index contributed by atoms with van der Waals surface area (Å²) in [5.74, 6) is -0.0906. The van der Waals surface area contributed by atoms with Crippen LogP contribution in [0.3, 0.4) is 0 Å². The minimum atomic E-state index is -0.588. The number of hydrogen-bond donors (Lipinski definition) is 2. The molecule has 1 saturated carbocycles. The monoisotopic (exact) mass is 510 g/mol. The van der Waals surface area contributed by atoms with Crippen LogP contribution in [0, 0.1) is 5.41 Å². The Morgan fingerprint density at radius 1 is 1.24 bits per heavy atom. The number of halogens is 2. The quantitative estimate of drug-likeness (QED) is 0.633. The first-order chi connectivity index (χ1) is 16.3. The Morgan fingerprint density at radius 2 is 2.03 bits per heavy atom. The van der Waals surface area contributed by atoms with Gasteiger partial charge in [-0.15, -0.1) is 0 Å². The maximum absolute atomic E-state index is 13.2. The molecular formula is C24H32Cl2N4O4. The van der Waals surface area contributed by atoms with E-state index in [2.05, 4.69) is 10.2 Å². The number of rotatable bonds is 5. The third kappa shape index (κ3) is 4.63. The van der Waals surface area contributed by atoms with Gasteiger partial charge in [-0.1, -0.05) is 23.2 Å². The van der Waals surface area contributed by atoms with E-state index < -0.39 is 12.3 Å². The molecule has 4 aliphatic rings. The molecule has 1 aromatic rings. The Morgan fingerprint density at radius 3 is 2.74 bits per heavy atom. The number of ether oxygens (including phenoxy) is 1. The SMILES string of the molecule is CC1C(=O)N2C(CCCN3CCC4(CC4)C(O)C3)COC2CN1C(=O)Nc1ccc(Cl)c(Cl)c1. The second-order valence-corrected chi connectivity index (χ2v) is 11.0. The highest BCUT2D eigenvalue weighted by atomic mass is 35.5. The van der Waals surface area contributed by atoms with Crippen molar-refractivity contribution in [3.63, 3.8) is 0 Å². The van der Waals surface area contributed by atoms with Crippen LogP contribution in [0.5, 0.6) is 0 Å². The molecule has 1 aromatic carbocycles. The van der Waals surface area contributed by atoms with Gasteiger partial charge < -0.3 is 29.9 Å². The van der Waals surface area contributed by atoms with E-state index in [-0.39, 0.29) is 29.5 Å². The smallest absolute Gasteiger partial charge is 0.322 e. The summed E-state index contributed by atoms with van der Waals surface area (Å²) in [7, 11) is 0. The topological polar surface area (TPSA) is 85.4 Å². The summed E-state index contributed by atoms with van der Waals surface area (Å²) in [6.45, 7) is 5.28. The first-order valence-electron chi connectivity index (χ1n) is 12.1. The van der Waals surface area contributed by atoms with Gasteiger partial charge in [-0.3, -0.25) is 4.79 Å². The molecule has 1 aliphatic carbocycles. The maximum atomic E-state index is 13.2. The van der Waals surface area contributed by atoms with Crippen molar-refractivity contribution in [3.8, 4) is 0 Å². The summed E-state index contributed by atoms with van der Waals surface area (Å²) in [4.78, 5) is 31.8. The number of urea groups is 1. The Kier molecular flexibility index (Phi) is 6.72. The number of likely N-dealkylation sites (tertiary alicyclic amines) is 1. The van der Waals surface area contributed by atoms with Crippen molar-refractivity contribution >= 4 is 40.8 Å². The van der Waals surface area contributed by atoms with Gasteiger partial charge in [-0.05, 0) is 75.7 Å². The van der Waals surface area contributed by atoms with Gasteiger partial charge in [0.15, 0.2) is 6.23 Å². The molecule has 1 spiro atoms. The van der Waals surface area contributed by atoms with E-state index in [1.54, 1.807) is 25.1 Å². The molecule has 34 heavy (non-hydrogen) atoms. The number of piperidine rings is 1. The van der Waals surface area contributed by atoms with Crippen LogP contribution in [0.25, 0.3) is 0 Å². The molecule has 4 fully saturated rings. The van der Waals surface area contributed by atoms with Crippen LogP contribution in [0.4, 0.5) is 10.5 Å². The van der Waals surface area contributed by atoms with Gasteiger partial charge in [0, 0.05) is 12.2 Å². The fraction of sp³-hybridized carbons (Fsp3) is 0.667. The van der Waals surface area contributed by atoms with Gasteiger partial charge in [0.25, 0.3) is 0 Å². The largest absolute Gasteiger partial charge is 0.391 e. The van der Waals surface area contributed by atoms with Gasteiger partial charge in [0.05, 0.1) is 35.3 Å². The average Bonchev–Trinajstić information content (AvgIpc) is 3.48. The number of hydrogen-bond acceptors (Lipinski definition) is 5. The molecule has 5 rings (SSSR count). The highest BCUT2D eigenvalue weighted by molar-refractivity contribution is 6.42. The molecule has 3 saturated heterocycles. The first-order valence-corrected chi connectivity index (χ1v) is 12.9. The highest BCUT2D eigenvalue weighted by Gasteiger charge is 2.51. The standard InChI is InChI=1S/C24H32Cl2N4O4/c1-15-22(32)30-17(3-2-9-28-10-8-24(6-7-24)20(31)12-28)14-34-21(30)13-29(15)23(33)27-16-4-5-18(25)19(26)11-16/h4-5,11,15,17,20-21,31H,2-3,6-10,12-14H2,1H3,(H,27,33). The van der Waals surface area contributed by atoms with Crippen LogP contribution in [-0.4, -0.2) is 88.9 Å². The summed E-state index contributed by atoms with van der Waals surface area (Å²) in [6.07, 6.45) is 4.58. The van der Waals surface area contributed by atoms with E-state index >= 15 is 0 Å². The predicted molar refractivity (Wildman–Crippen MR) is 130 cm³/mol. The Balaban J connectivity index is 1.13. The zero-order valence-corrected chi connectivity index (χ0v) is 20.9. The number of benzene rings is 1. The summed E-state index contributed by atoms with van der Waals surface area (Å²) in [6, 6.07) is 3.93. The van der Waals surface area contributed by atoms with E-state index in [4.69, 9.17) is 27.9 Å². The summed E-state index contributed by atoms with van der Waals surface area (Å²) in [5, 5.41) is 14.0. The van der Waals surface area contributed by atoms with Crippen LogP contribution < -0.4 is 5.32 Å². The highest BCUT2D eigenvalue weighted by Crippen LogP contribution is 2.53. The number of piperazine rings is 1. The van der Waals surface area contributed by atoms with Gasteiger partial charge in [-0.2, -0.15) is 0 Å². The molecule has 4 atom stereocenters. The zero-order valence-electron chi connectivity index (χ0n) is 19.4. The van der Waals surface area contributed by atoms with Crippen molar-refractivity contribution in [2.45, 2.75) is 63.4 Å². The maximum Gasteiger partial charge on any atom is 0.322 e. The average molecular weight is 511 g/mol. The fourth-order valence-electron chi connectivity index (χ4n) is 5.58. The number of amides is 3. The van der Waals surface area contributed by atoms with Gasteiger partial charge >= 0.3 is 6.03 Å². The molecule has 0 aromatic heterocycles. The van der Waals surface area contributed by atoms with Crippen LogP contribution in [-0.2, 0) is 9.53 Å². The Labute approximate surface area is 210 Å². The third-order valence-corrected chi connectivity index (χ3v) is 8.76. The van der Waals surface area contributed by atoms with Crippen LogP contribution in [0.2, 0.25) is 10.0 Å². The molecule has 0 bridgehead atoms. The Bertz CT molecular complexity index is 959. The van der Waals surface area contributed by atoms with Crippen molar-refractivity contribution in [1.29, 1.82) is 0 Å². The molecule has 8 nitrogen and oxygen atoms in total. The summed E-state index contributed by atoms with van der Waals surface area (Å²) < 4.78 is 5.94. The second kappa shape index (κ2) is 9.47. The lowest BCUT2D eigenvalue weighted by atomic mass is 9.90. The van der Waals surface area contributed by atoms with E-state index in [1.807, 2.05) is 4.90 Å². The van der Waals surface area contributed by atoms with E-state index in [1.165, 1.54) is 17.7 Å². The van der Waals surface area contributed by atoms with Crippen molar-refractivity contribution in [2.75, 3.05) is 38.1 Å². The molecule has 3 heterocycles. The minimum absolute atomic E-state index is 0.0183. The fourth-order valence-corrected chi connectivity index (χ4v) is 5.88. The molecule has 0 radical (unpaired) electrons. The number of aliphatic hydroxyl groups is 1. The molecule has 4 unspecified atom stereocenters. The lowest BCUT2D eigenvalue weighted by Crippen LogP contribution is -2.62. The molecule has 10 heteroatoms. The third-order valence-electron chi connectivity index (χ3n) is 8.02.